The highest BCUT2D eigenvalue weighted by atomic mass is 16.5. The number of rotatable bonds is 3. The van der Waals surface area contributed by atoms with E-state index in [0.717, 1.165) is 18.8 Å². The quantitative estimate of drug-likeness (QED) is 0.930. The highest BCUT2D eigenvalue weighted by Gasteiger charge is 2.19. The van der Waals surface area contributed by atoms with Crippen LogP contribution in [0.5, 0.6) is 0 Å². The maximum absolute atomic E-state index is 12.1. The summed E-state index contributed by atoms with van der Waals surface area (Å²) < 4.78 is 5.48. The minimum Gasteiger partial charge on any atom is -0.376 e. The smallest absolute Gasteiger partial charge is 0.238 e. The Bertz CT molecular complexity index is 477. The molecule has 1 N–H and O–H groups in total. The Morgan fingerprint density at radius 3 is 2.57 bits per heavy atom. The van der Waals surface area contributed by atoms with Gasteiger partial charge in [0.15, 0.2) is 0 Å². The normalized spacial score (nSPS) is 20.3. The Morgan fingerprint density at radius 2 is 2.00 bits per heavy atom. The molecule has 1 heterocycles. The number of carbonyl (C=O) groups excluding carboxylic acids is 1. The molecule has 0 spiro atoms. The fraction of sp³-hybridized carbons (Fsp3) is 0.588. The topological polar surface area (TPSA) is 41.6 Å². The van der Waals surface area contributed by atoms with Crippen LogP contribution in [0, 0.1) is 0 Å². The number of morpholine rings is 1. The lowest BCUT2D eigenvalue weighted by Crippen LogP contribution is -2.44. The van der Waals surface area contributed by atoms with Gasteiger partial charge in [-0.3, -0.25) is 9.69 Å². The van der Waals surface area contributed by atoms with Crippen LogP contribution < -0.4 is 5.32 Å². The summed E-state index contributed by atoms with van der Waals surface area (Å²) in [4.78, 5) is 14.2. The molecule has 1 atom stereocenters. The molecule has 116 valence electrons. The number of hydrogen-bond acceptors (Lipinski definition) is 3. The first-order valence-electron chi connectivity index (χ1n) is 7.59. The standard InChI is InChI=1S/C17H26N2O2/c1-13-11-19(9-10-21-13)12-16(20)18-15-7-5-14(6-8-15)17(2,3)4/h5-8,13H,9-12H2,1-4H3,(H,18,20). The molecule has 1 aromatic carbocycles. The van der Waals surface area contributed by atoms with E-state index < -0.39 is 0 Å². The number of nitrogens with one attached hydrogen (secondary N) is 1. The first kappa shape index (κ1) is 16.0. The van der Waals surface area contributed by atoms with E-state index in [9.17, 15) is 4.79 Å². The summed E-state index contributed by atoms with van der Waals surface area (Å²) in [6.07, 6.45) is 0.206. The van der Waals surface area contributed by atoms with Crippen LogP contribution in [-0.2, 0) is 14.9 Å². The minimum absolute atomic E-state index is 0.0348. The van der Waals surface area contributed by atoms with E-state index in [4.69, 9.17) is 4.74 Å². The van der Waals surface area contributed by atoms with Gasteiger partial charge in [-0.2, -0.15) is 0 Å². The van der Waals surface area contributed by atoms with E-state index in [1.54, 1.807) is 0 Å². The Morgan fingerprint density at radius 1 is 1.33 bits per heavy atom. The zero-order valence-corrected chi connectivity index (χ0v) is 13.5. The van der Waals surface area contributed by atoms with Crippen molar-refractivity contribution >= 4 is 11.6 Å². The number of anilines is 1. The predicted octanol–water partition coefficient (Wildman–Crippen LogP) is 2.64. The van der Waals surface area contributed by atoms with Crippen molar-refractivity contribution in [3.8, 4) is 0 Å². The zero-order valence-electron chi connectivity index (χ0n) is 13.5. The molecule has 1 saturated heterocycles. The van der Waals surface area contributed by atoms with Crippen molar-refractivity contribution in [3.63, 3.8) is 0 Å². The molecule has 2 rings (SSSR count). The maximum atomic E-state index is 12.1. The Labute approximate surface area is 127 Å². The van der Waals surface area contributed by atoms with Crippen molar-refractivity contribution < 1.29 is 9.53 Å². The molecular weight excluding hydrogens is 264 g/mol. The van der Waals surface area contributed by atoms with Gasteiger partial charge in [0, 0.05) is 18.8 Å². The fourth-order valence-corrected chi connectivity index (χ4v) is 2.49. The summed E-state index contributed by atoms with van der Waals surface area (Å²) in [5.41, 5.74) is 2.25. The van der Waals surface area contributed by atoms with E-state index in [1.807, 2.05) is 19.1 Å². The third kappa shape index (κ3) is 4.83. The van der Waals surface area contributed by atoms with Crippen molar-refractivity contribution in [1.82, 2.24) is 4.90 Å². The van der Waals surface area contributed by atoms with Crippen LogP contribution in [0.2, 0.25) is 0 Å². The highest BCUT2D eigenvalue weighted by Crippen LogP contribution is 2.23. The second-order valence-corrected chi connectivity index (χ2v) is 6.79. The number of benzene rings is 1. The van der Waals surface area contributed by atoms with Crippen LogP contribution in [0.1, 0.15) is 33.3 Å². The molecule has 21 heavy (non-hydrogen) atoms. The van der Waals surface area contributed by atoms with Gasteiger partial charge in [-0.15, -0.1) is 0 Å². The van der Waals surface area contributed by atoms with Crippen LogP contribution in [-0.4, -0.2) is 43.2 Å². The monoisotopic (exact) mass is 290 g/mol. The van der Waals surface area contributed by atoms with Gasteiger partial charge in [0.05, 0.1) is 19.3 Å². The Hall–Kier alpha value is -1.39. The number of ether oxygens (including phenoxy) is 1. The van der Waals surface area contributed by atoms with E-state index in [2.05, 4.69) is 43.1 Å². The molecule has 1 fully saturated rings. The van der Waals surface area contributed by atoms with E-state index in [0.29, 0.717) is 13.2 Å². The lowest BCUT2D eigenvalue weighted by atomic mass is 9.87. The molecule has 0 aliphatic carbocycles. The van der Waals surface area contributed by atoms with Gasteiger partial charge in [0.1, 0.15) is 0 Å². The molecule has 1 amide bonds. The van der Waals surface area contributed by atoms with Gasteiger partial charge in [0.2, 0.25) is 5.91 Å². The zero-order chi connectivity index (χ0) is 15.5. The van der Waals surface area contributed by atoms with E-state index in [-0.39, 0.29) is 17.4 Å². The van der Waals surface area contributed by atoms with Crippen LogP contribution in [0.25, 0.3) is 0 Å². The molecular formula is C17H26N2O2. The minimum atomic E-state index is 0.0348. The van der Waals surface area contributed by atoms with Crippen molar-refractivity contribution in [2.75, 3.05) is 31.6 Å². The molecule has 1 aliphatic heterocycles. The van der Waals surface area contributed by atoms with E-state index in [1.165, 1.54) is 5.56 Å². The van der Waals surface area contributed by atoms with Gasteiger partial charge >= 0.3 is 0 Å². The van der Waals surface area contributed by atoms with Crippen LogP contribution in [0.3, 0.4) is 0 Å². The molecule has 4 heteroatoms. The largest absolute Gasteiger partial charge is 0.376 e. The van der Waals surface area contributed by atoms with Gasteiger partial charge < -0.3 is 10.1 Å². The Kier molecular flexibility index (Phi) is 5.01. The summed E-state index contributed by atoms with van der Waals surface area (Å²) >= 11 is 0. The number of nitrogens with zero attached hydrogens (tertiary/aromatic N) is 1. The molecule has 0 aromatic heterocycles. The number of amides is 1. The fourth-order valence-electron chi connectivity index (χ4n) is 2.49. The molecule has 4 nitrogen and oxygen atoms in total. The first-order valence-corrected chi connectivity index (χ1v) is 7.59. The molecule has 0 bridgehead atoms. The molecule has 0 radical (unpaired) electrons. The summed E-state index contributed by atoms with van der Waals surface area (Å²) in [5.74, 6) is 0.0348. The van der Waals surface area contributed by atoms with Gasteiger partial charge in [0.25, 0.3) is 0 Å². The third-order valence-electron chi connectivity index (χ3n) is 3.73. The number of carbonyl (C=O) groups is 1. The second-order valence-electron chi connectivity index (χ2n) is 6.79. The molecule has 0 saturated carbocycles. The summed E-state index contributed by atoms with van der Waals surface area (Å²) in [6, 6.07) is 8.10. The summed E-state index contributed by atoms with van der Waals surface area (Å²) in [5, 5.41) is 2.96. The van der Waals surface area contributed by atoms with Crippen molar-refractivity contribution in [2.24, 2.45) is 0 Å². The predicted molar refractivity (Wildman–Crippen MR) is 85.6 cm³/mol. The average Bonchev–Trinajstić information content (AvgIpc) is 2.38. The Balaban J connectivity index is 1.87. The first-order chi connectivity index (χ1) is 9.84. The van der Waals surface area contributed by atoms with Gasteiger partial charge in [-0.1, -0.05) is 32.9 Å². The highest BCUT2D eigenvalue weighted by molar-refractivity contribution is 5.92. The number of hydrogen-bond donors (Lipinski definition) is 1. The van der Waals surface area contributed by atoms with Crippen LogP contribution in [0.4, 0.5) is 5.69 Å². The van der Waals surface area contributed by atoms with Gasteiger partial charge in [-0.05, 0) is 30.0 Å². The third-order valence-corrected chi connectivity index (χ3v) is 3.73. The lowest BCUT2D eigenvalue weighted by molar-refractivity contribution is -0.119. The molecule has 1 aromatic rings. The maximum Gasteiger partial charge on any atom is 0.238 e. The van der Waals surface area contributed by atoms with Crippen LogP contribution >= 0.6 is 0 Å². The SMILES string of the molecule is CC1CN(CC(=O)Nc2ccc(C(C)(C)C)cc2)CCO1. The van der Waals surface area contributed by atoms with E-state index >= 15 is 0 Å². The average molecular weight is 290 g/mol. The van der Waals surface area contributed by atoms with Gasteiger partial charge in [-0.25, -0.2) is 0 Å². The summed E-state index contributed by atoms with van der Waals surface area (Å²) in [7, 11) is 0. The van der Waals surface area contributed by atoms with Crippen molar-refractivity contribution in [1.29, 1.82) is 0 Å². The molecule has 1 unspecified atom stereocenters. The van der Waals surface area contributed by atoms with Crippen molar-refractivity contribution in [3.05, 3.63) is 29.8 Å². The molecule has 1 aliphatic rings. The second kappa shape index (κ2) is 6.58. The van der Waals surface area contributed by atoms with Crippen LogP contribution in [0.15, 0.2) is 24.3 Å². The lowest BCUT2D eigenvalue weighted by Gasteiger charge is -2.30. The van der Waals surface area contributed by atoms with Crippen molar-refractivity contribution in [2.45, 2.75) is 39.2 Å². The summed E-state index contributed by atoms with van der Waals surface area (Å²) in [6.45, 7) is 11.3.